The van der Waals surface area contributed by atoms with Gasteiger partial charge in [0.2, 0.25) is 0 Å². The van der Waals surface area contributed by atoms with E-state index in [1.54, 1.807) is 19.2 Å². The number of anilines is 2. The molecule has 3 aromatic rings. The SMILES string of the molecule is COc1cccc(NC(=O)N[C@@H]2N=C(c3ccccc3)c3ccccc3N3CC(C)=NN=C23)c1. The maximum absolute atomic E-state index is 13.0. The molecule has 2 aliphatic rings. The van der Waals surface area contributed by atoms with Gasteiger partial charge in [-0.05, 0) is 25.1 Å². The summed E-state index contributed by atoms with van der Waals surface area (Å²) >= 11 is 0. The third kappa shape index (κ3) is 4.25. The largest absolute Gasteiger partial charge is 0.497 e. The quantitative estimate of drug-likeness (QED) is 0.619. The topological polar surface area (TPSA) is 90.7 Å². The molecule has 2 heterocycles. The Kier molecular flexibility index (Phi) is 5.78. The lowest BCUT2D eigenvalue weighted by Gasteiger charge is -2.30. The number of rotatable bonds is 4. The number of hydrogen-bond donors (Lipinski definition) is 2. The first kappa shape index (κ1) is 21.4. The number of nitrogens with zero attached hydrogens (tertiary/aromatic N) is 4. The number of urea groups is 1. The summed E-state index contributed by atoms with van der Waals surface area (Å²) in [6, 6.07) is 24.8. The highest BCUT2D eigenvalue weighted by molar-refractivity contribution is 6.22. The summed E-state index contributed by atoms with van der Waals surface area (Å²) in [6.45, 7) is 2.49. The molecular weight excluding hydrogens is 428 g/mol. The van der Waals surface area contributed by atoms with Gasteiger partial charge in [0.1, 0.15) is 5.75 Å². The van der Waals surface area contributed by atoms with Crippen molar-refractivity contribution in [3.8, 4) is 5.75 Å². The maximum Gasteiger partial charge on any atom is 0.321 e. The van der Waals surface area contributed by atoms with E-state index in [-0.39, 0.29) is 0 Å². The zero-order valence-corrected chi connectivity index (χ0v) is 18.9. The molecule has 170 valence electrons. The molecule has 0 unspecified atom stereocenters. The van der Waals surface area contributed by atoms with Gasteiger partial charge in [0.15, 0.2) is 12.0 Å². The third-order valence-electron chi connectivity index (χ3n) is 5.58. The van der Waals surface area contributed by atoms with E-state index in [0.717, 1.165) is 28.2 Å². The van der Waals surface area contributed by atoms with E-state index in [4.69, 9.17) is 9.73 Å². The van der Waals surface area contributed by atoms with Crippen molar-refractivity contribution in [2.24, 2.45) is 15.2 Å². The number of amides is 2. The highest BCUT2D eigenvalue weighted by atomic mass is 16.5. The van der Waals surface area contributed by atoms with E-state index in [9.17, 15) is 4.79 Å². The smallest absolute Gasteiger partial charge is 0.321 e. The Morgan fingerprint density at radius 3 is 2.62 bits per heavy atom. The van der Waals surface area contributed by atoms with E-state index in [1.807, 2.05) is 73.7 Å². The van der Waals surface area contributed by atoms with E-state index < -0.39 is 12.2 Å². The Hall–Kier alpha value is -4.46. The molecule has 0 saturated heterocycles. The molecule has 2 aliphatic heterocycles. The summed E-state index contributed by atoms with van der Waals surface area (Å²) in [7, 11) is 1.58. The fraction of sp³-hybridized carbons (Fsp3) is 0.154. The van der Waals surface area contributed by atoms with E-state index in [0.29, 0.717) is 23.8 Å². The molecule has 0 aromatic heterocycles. The standard InChI is InChI=1S/C26H24N6O2/c1-17-16-32-22-14-7-6-13-21(22)23(18-9-4-3-5-10-18)28-24(25(32)31-30-17)29-26(33)27-19-11-8-12-20(15-19)34-2/h3-15,24H,16H2,1-2H3,(H2,27,29,33)/t24-/m0/s1. The van der Waals surface area contributed by atoms with Crippen LogP contribution in [0.3, 0.4) is 0 Å². The van der Waals surface area contributed by atoms with Gasteiger partial charge in [-0.3, -0.25) is 4.99 Å². The van der Waals surface area contributed by atoms with Crippen molar-refractivity contribution in [2.75, 3.05) is 23.9 Å². The van der Waals surface area contributed by atoms with Crippen molar-refractivity contribution >= 4 is 34.7 Å². The lowest BCUT2D eigenvalue weighted by Crippen LogP contribution is -2.50. The molecule has 3 aromatic carbocycles. The summed E-state index contributed by atoms with van der Waals surface area (Å²) in [4.78, 5) is 20.1. The lowest BCUT2D eigenvalue weighted by molar-refractivity contribution is 0.251. The van der Waals surface area contributed by atoms with Crippen LogP contribution in [0.1, 0.15) is 18.1 Å². The van der Waals surface area contributed by atoms with E-state index in [2.05, 4.69) is 25.7 Å². The zero-order valence-electron chi connectivity index (χ0n) is 18.9. The van der Waals surface area contributed by atoms with Crippen LogP contribution in [0.2, 0.25) is 0 Å². The normalized spacial score (nSPS) is 16.7. The number of fused-ring (bicyclic) bond motifs is 3. The number of benzene rings is 3. The summed E-state index contributed by atoms with van der Waals surface area (Å²) in [6.07, 6.45) is -0.745. The maximum atomic E-state index is 13.0. The highest BCUT2D eigenvalue weighted by Crippen LogP contribution is 2.29. The second-order valence-electron chi connectivity index (χ2n) is 7.97. The number of carbonyl (C=O) groups is 1. The van der Waals surface area contributed by atoms with Gasteiger partial charge in [0.25, 0.3) is 0 Å². The Labute approximate surface area is 197 Å². The van der Waals surface area contributed by atoms with Gasteiger partial charge < -0.3 is 20.3 Å². The average molecular weight is 453 g/mol. The summed E-state index contributed by atoms with van der Waals surface area (Å²) in [5, 5.41) is 14.6. The second-order valence-corrected chi connectivity index (χ2v) is 7.97. The van der Waals surface area contributed by atoms with Crippen molar-refractivity contribution in [3.63, 3.8) is 0 Å². The number of carbonyl (C=O) groups excluding carboxylic acids is 1. The number of aliphatic imine (C=N–C) groups is 1. The van der Waals surface area contributed by atoms with Gasteiger partial charge in [-0.2, -0.15) is 5.10 Å². The fourth-order valence-corrected chi connectivity index (χ4v) is 4.02. The van der Waals surface area contributed by atoms with Crippen LogP contribution >= 0.6 is 0 Å². The van der Waals surface area contributed by atoms with Gasteiger partial charge in [-0.15, -0.1) is 5.10 Å². The summed E-state index contributed by atoms with van der Waals surface area (Å²) < 4.78 is 5.25. The lowest BCUT2D eigenvalue weighted by atomic mass is 10.00. The van der Waals surface area contributed by atoms with E-state index >= 15 is 0 Å². The van der Waals surface area contributed by atoms with Crippen molar-refractivity contribution in [2.45, 2.75) is 13.1 Å². The fourth-order valence-electron chi connectivity index (χ4n) is 4.02. The number of methoxy groups -OCH3 is 1. The molecule has 2 N–H and O–H groups in total. The minimum absolute atomic E-state index is 0.408. The molecule has 2 amide bonds. The van der Waals surface area contributed by atoms with Gasteiger partial charge in [0.05, 0.1) is 30.8 Å². The monoisotopic (exact) mass is 452 g/mol. The van der Waals surface area contributed by atoms with Crippen LogP contribution in [0.25, 0.3) is 0 Å². The van der Waals surface area contributed by atoms with E-state index in [1.165, 1.54) is 0 Å². The number of nitrogens with one attached hydrogen (secondary N) is 2. The summed E-state index contributed by atoms with van der Waals surface area (Å²) in [5.41, 5.74) is 5.15. The number of amidine groups is 1. The van der Waals surface area contributed by atoms with Crippen LogP contribution in [0, 0.1) is 0 Å². The van der Waals surface area contributed by atoms with Crippen molar-refractivity contribution in [1.82, 2.24) is 5.32 Å². The molecule has 0 aliphatic carbocycles. The molecule has 0 saturated carbocycles. The van der Waals surface area contributed by atoms with Crippen LogP contribution < -0.4 is 20.3 Å². The molecule has 8 heteroatoms. The van der Waals surface area contributed by atoms with Gasteiger partial charge >= 0.3 is 6.03 Å². The van der Waals surface area contributed by atoms with Crippen LogP contribution in [-0.4, -0.2) is 43.1 Å². The molecule has 0 radical (unpaired) electrons. The van der Waals surface area contributed by atoms with Crippen LogP contribution in [0.5, 0.6) is 5.75 Å². The summed E-state index contributed by atoms with van der Waals surface area (Å²) in [5.74, 6) is 1.21. The Bertz CT molecular complexity index is 1320. The van der Waals surface area contributed by atoms with Crippen LogP contribution in [0.15, 0.2) is 94.1 Å². The zero-order chi connectivity index (χ0) is 23.5. The van der Waals surface area contributed by atoms with Gasteiger partial charge in [0, 0.05) is 22.9 Å². The molecule has 34 heavy (non-hydrogen) atoms. The van der Waals surface area contributed by atoms with Crippen molar-refractivity contribution in [3.05, 3.63) is 90.0 Å². The van der Waals surface area contributed by atoms with Crippen LogP contribution in [0.4, 0.5) is 16.2 Å². The first-order valence-corrected chi connectivity index (χ1v) is 10.9. The molecular formula is C26H24N6O2. The molecule has 5 rings (SSSR count). The number of para-hydroxylation sites is 1. The molecule has 0 spiro atoms. The molecule has 0 fully saturated rings. The van der Waals surface area contributed by atoms with Gasteiger partial charge in [-0.1, -0.05) is 54.6 Å². The Balaban J connectivity index is 1.55. The Morgan fingerprint density at radius 1 is 1.00 bits per heavy atom. The molecule has 1 atom stereocenters. The molecule has 8 nitrogen and oxygen atoms in total. The Morgan fingerprint density at radius 2 is 1.79 bits per heavy atom. The number of hydrogen-bond acceptors (Lipinski definition) is 6. The number of ether oxygens (including phenoxy) is 1. The predicted molar refractivity (Wildman–Crippen MR) is 135 cm³/mol. The minimum atomic E-state index is -0.745. The van der Waals surface area contributed by atoms with Gasteiger partial charge in [-0.25, -0.2) is 4.79 Å². The minimum Gasteiger partial charge on any atom is -0.497 e. The van der Waals surface area contributed by atoms with Crippen LogP contribution in [-0.2, 0) is 0 Å². The first-order valence-electron chi connectivity index (χ1n) is 10.9. The first-order chi connectivity index (χ1) is 16.6. The molecule has 0 bridgehead atoms. The highest BCUT2D eigenvalue weighted by Gasteiger charge is 2.33. The average Bonchev–Trinajstić information content (AvgIpc) is 2.99. The van der Waals surface area contributed by atoms with Crippen molar-refractivity contribution < 1.29 is 9.53 Å². The predicted octanol–water partition coefficient (Wildman–Crippen LogP) is 4.29. The second kappa shape index (κ2) is 9.19. The van der Waals surface area contributed by atoms with Crippen molar-refractivity contribution in [1.29, 1.82) is 0 Å². The third-order valence-corrected chi connectivity index (χ3v) is 5.58.